The Kier molecular flexibility index (Phi) is 9.77. The van der Waals surface area contributed by atoms with Gasteiger partial charge in [0, 0.05) is 86.3 Å². The number of hydrazone groups is 1. The third-order valence-electron chi connectivity index (χ3n) is 8.33. The van der Waals surface area contributed by atoms with Gasteiger partial charge in [-0.2, -0.15) is 5.10 Å². The molecule has 0 saturated heterocycles. The molecule has 2 aromatic heterocycles. The zero-order valence-electron chi connectivity index (χ0n) is 27.3. The van der Waals surface area contributed by atoms with E-state index >= 15 is 0 Å². The summed E-state index contributed by atoms with van der Waals surface area (Å²) in [5.74, 6) is -0.0125. The maximum absolute atomic E-state index is 13.0. The normalized spacial score (nSPS) is 11.3. The van der Waals surface area contributed by atoms with Gasteiger partial charge in [0.2, 0.25) is 22.6 Å². The Morgan fingerprint density at radius 3 is 2.17 bits per heavy atom. The number of pyridine rings is 1. The second kappa shape index (κ2) is 14.6. The average molecular weight is 624 g/mol. The SMILES string of the molecule is CCN(CC)c1ccc2nc3ccc(NC(=O)CCC[n+]4ccc(/C=N/N(C)c5ccccc5)cc4)cc3[n+](-c3ccccc3)c2c1. The van der Waals surface area contributed by atoms with Crippen molar-refractivity contribution in [2.45, 2.75) is 33.2 Å². The molecule has 0 aliphatic heterocycles. The highest BCUT2D eigenvalue weighted by Gasteiger charge is 2.21. The number of carbonyl (C=O) groups is 1. The highest BCUT2D eigenvalue weighted by molar-refractivity contribution is 5.93. The number of aryl methyl sites for hydroxylation is 1. The van der Waals surface area contributed by atoms with Crippen molar-refractivity contribution >= 4 is 51.3 Å². The molecular weight excluding hydrogens is 582 g/mol. The first kappa shape index (κ1) is 31.4. The Hall–Kier alpha value is -5.63. The van der Waals surface area contributed by atoms with Gasteiger partial charge in [-0.05, 0) is 50.2 Å². The van der Waals surface area contributed by atoms with E-state index in [0.29, 0.717) is 6.42 Å². The van der Waals surface area contributed by atoms with E-state index in [4.69, 9.17) is 4.98 Å². The van der Waals surface area contributed by atoms with Crippen LogP contribution in [0.4, 0.5) is 17.1 Å². The first-order valence-electron chi connectivity index (χ1n) is 16.2. The van der Waals surface area contributed by atoms with Gasteiger partial charge >= 0.3 is 0 Å². The second-order valence-corrected chi connectivity index (χ2v) is 11.5. The number of anilines is 3. The fourth-order valence-electron chi connectivity index (χ4n) is 5.77. The topological polar surface area (TPSA) is 68.6 Å². The van der Waals surface area contributed by atoms with E-state index in [9.17, 15) is 4.79 Å². The molecule has 236 valence electrons. The molecule has 6 aromatic rings. The highest BCUT2D eigenvalue weighted by Crippen LogP contribution is 2.25. The Balaban J connectivity index is 1.14. The average Bonchev–Trinajstić information content (AvgIpc) is 3.11. The molecule has 0 spiro atoms. The monoisotopic (exact) mass is 623 g/mol. The van der Waals surface area contributed by atoms with E-state index in [2.05, 4.69) is 68.6 Å². The van der Waals surface area contributed by atoms with Crippen LogP contribution >= 0.6 is 0 Å². The van der Waals surface area contributed by atoms with Crippen molar-refractivity contribution in [2.24, 2.45) is 5.10 Å². The largest absolute Gasteiger partial charge is 0.372 e. The van der Waals surface area contributed by atoms with E-state index < -0.39 is 0 Å². The molecule has 1 N–H and O–H groups in total. The molecule has 4 aromatic carbocycles. The summed E-state index contributed by atoms with van der Waals surface area (Å²) in [5.41, 5.74) is 8.75. The van der Waals surface area contributed by atoms with Gasteiger partial charge in [0.15, 0.2) is 12.4 Å². The second-order valence-electron chi connectivity index (χ2n) is 11.5. The molecule has 0 aliphatic rings. The number of benzene rings is 4. The van der Waals surface area contributed by atoms with Gasteiger partial charge in [0.05, 0.1) is 11.9 Å². The van der Waals surface area contributed by atoms with E-state index in [-0.39, 0.29) is 5.91 Å². The van der Waals surface area contributed by atoms with Crippen LogP contribution in [0.25, 0.3) is 27.8 Å². The molecule has 8 heteroatoms. The lowest BCUT2D eigenvalue weighted by Gasteiger charge is -2.20. The molecule has 0 radical (unpaired) electrons. The maximum Gasteiger partial charge on any atom is 0.239 e. The van der Waals surface area contributed by atoms with E-state index in [1.807, 2.05) is 110 Å². The summed E-state index contributed by atoms with van der Waals surface area (Å²) in [5, 5.41) is 9.50. The molecule has 0 atom stereocenters. The molecule has 0 aliphatic carbocycles. The summed E-state index contributed by atoms with van der Waals surface area (Å²) in [6.45, 7) is 6.94. The molecule has 0 saturated carbocycles. The van der Waals surface area contributed by atoms with Gasteiger partial charge in [-0.3, -0.25) is 9.80 Å². The van der Waals surface area contributed by atoms with Crippen LogP contribution in [0.1, 0.15) is 32.3 Å². The molecule has 0 bridgehead atoms. The van der Waals surface area contributed by atoms with Crippen molar-refractivity contribution in [3.63, 3.8) is 0 Å². The first-order valence-corrected chi connectivity index (χ1v) is 16.2. The van der Waals surface area contributed by atoms with Gasteiger partial charge in [-0.25, -0.2) is 9.55 Å². The number of hydrogen-bond donors (Lipinski definition) is 1. The van der Waals surface area contributed by atoms with Crippen LogP contribution < -0.4 is 24.4 Å². The number of fused-ring (bicyclic) bond motifs is 2. The van der Waals surface area contributed by atoms with Crippen LogP contribution in [0.5, 0.6) is 0 Å². The van der Waals surface area contributed by atoms with Crippen LogP contribution in [0, 0.1) is 0 Å². The summed E-state index contributed by atoms with van der Waals surface area (Å²) in [6, 6.07) is 36.8. The van der Waals surface area contributed by atoms with Gasteiger partial charge in [0.1, 0.15) is 17.6 Å². The number of carbonyl (C=O) groups excluding carboxylic acids is 1. The van der Waals surface area contributed by atoms with E-state index in [0.717, 1.165) is 76.4 Å². The molecular formula is C39H41N7O+2. The first-order chi connectivity index (χ1) is 23.0. The van der Waals surface area contributed by atoms with Crippen LogP contribution in [-0.2, 0) is 11.3 Å². The number of rotatable bonds is 12. The van der Waals surface area contributed by atoms with Crippen LogP contribution in [0.15, 0.2) is 127 Å². The van der Waals surface area contributed by atoms with Gasteiger partial charge in [-0.1, -0.05) is 36.4 Å². The fraction of sp³-hybridized carbons (Fsp3) is 0.205. The van der Waals surface area contributed by atoms with Crippen LogP contribution in [0.3, 0.4) is 0 Å². The molecule has 1 amide bonds. The predicted octanol–water partition coefficient (Wildman–Crippen LogP) is 6.69. The zero-order chi connectivity index (χ0) is 32.6. The molecule has 6 rings (SSSR count). The van der Waals surface area contributed by atoms with Gasteiger partial charge in [0.25, 0.3) is 0 Å². The van der Waals surface area contributed by atoms with Crippen molar-refractivity contribution in [2.75, 3.05) is 35.4 Å². The third-order valence-corrected chi connectivity index (χ3v) is 8.33. The summed E-state index contributed by atoms with van der Waals surface area (Å²) >= 11 is 0. The van der Waals surface area contributed by atoms with E-state index in [1.165, 1.54) is 0 Å². The number of nitrogens with zero attached hydrogens (tertiary/aromatic N) is 6. The lowest BCUT2D eigenvalue weighted by atomic mass is 10.1. The maximum atomic E-state index is 13.0. The molecule has 0 unspecified atom stereocenters. The minimum absolute atomic E-state index is 0.0125. The fourth-order valence-corrected chi connectivity index (χ4v) is 5.77. The summed E-state index contributed by atoms with van der Waals surface area (Å²) in [6.07, 6.45) is 7.03. The van der Waals surface area contributed by atoms with Crippen molar-refractivity contribution in [3.8, 4) is 5.69 Å². The quantitative estimate of drug-likeness (QED) is 0.0714. The summed E-state index contributed by atoms with van der Waals surface area (Å²) in [4.78, 5) is 20.4. The minimum atomic E-state index is -0.0125. The minimum Gasteiger partial charge on any atom is -0.372 e. The van der Waals surface area contributed by atoms with Crippen molar-refractivity contribution < 1.29 is 13.9 Å². The Labute approximate surface area is 276 Å². The smallest absolute Gasteiger partial charge is 0.239 e. The van der Waals surface area contributed by atoms with Crippen LogP contribution in [0.2, 0.25) is 0 Å². The van der Waals surface area contributed by atoms with Gasteiger partial charge < -0.3 is 10.2 Å². The number of amides is 1. The van der Waals surface area contributed by atoms with Gasteiger partial charge in [-0.15, -0.1) is 4.57 Å². The van der Waals surface area contributed by atoms with Crippen molar-refractivity contribution in [3.05, 3.63) is 127 Å². The Morgan fingerprint density at radius 1 is 0.809 bits per heavy atom. The van der Waals surface area contributed by atoms with Crippen molar-refractivity contribution in [1.29, 1.82) is 0 Å². The molecule has 47 heavy (non-hydrogen) atoms. The zero-order valence-corrected chi connectivity index (χ0v) is 27.3. The van der Waals surface area contributed by atoms with Crippen molar-refractivity contribution in [1.82, 2.24) is 4.98 Å². The summed E-state index contributed by atoms with van der Waals surface area (Å²) in [7, 11) is 1.93. The Bertz CT molecular complexity index is 1990. The molecule has 2 heterocycles. The van der Waals surface area contributed by atoms with Crippen LogP contribution in [-0.4, -0.2) is 37.2 Å². The lowest BCUT2D eigenvalue weighted by molar-refractivity contribution is -0.697. The van der Waals surface area contributed by atoms with E-state index in [1.54, 1.807) is 0 Å². The molecule has 8 nitrogen and oxygen atoms in total. The number of nitrogens with one attached hydrogen (secondary N) is 1. The molecule has 0 fully saturated rings. The number of aromatic nitrogens is 3. The predicted molar refractivity (Wildman–Crippen MR) is 191 cm³/mol. The Morgan fingerprint density at radius 2 is 1.47 bits per heavy atom. The third kappa shape index (κ3) is 7.44. The summed E-state index contributed by atoms with van der Waals surface area (Å²) < 4.78 is 4.33. The number of hydrogen-bond acceptors (Lipinski definition) is 5. The lowest BCUT2D eigenvalue weighted by Crippen LogP contribution is -2.34. The highest BCUT2D eigenvalue weighted by atomic mass is 16.1. The number of para-hydroxylation sites is 2. The standard InChI is InChI=1S/C39H40N7O/c1-4-45(5-2)34-19-21-36-38(28-34)46(33-15-10-7-11-16-33)37-27-31(18-20-35(37)42-36)41-39(47)17-12-24-44-25-22-30(23-26-44)29-40-43(3)32-13-8-6-9-14-32/h6-11,13-16,18-23,25-29H,4-5,12,17,24H2,1-3H3/q+1/p+1.